The summed E-state index contributed by atoms with van der Waals surface area (Å²) in [6.45, 7) is 7.55. The van der Waals surface area contributed by atoms with E-state index in [9.17, 15) is 0 Å². The van der Waals surface area contributed by atoms with Gasteiger partial charge in [-0.25, -0.2) is 4.98 Å². The molecule has 0 aliphatic carbocycles. The van der Waals surface area contributed by atoms with Crippen molar-refractivity contribution in [1.29, 1.82) is 0 Å². The highest BCUT2D eigenvalue weighted by molar-refractivity contribution is 5.63. The molecule has 0 bridgehead atoms. The Morgan fingerprint density at radius 2 is 2.35 bits per heavy atom. The van der Waals surface area contributed by atoms with Crippen molar-refractivity contribution in [1.82, 2.24) is 24.9 Å². The monoisotopic (exact) mass is 274 g/mol. The van der Waals surface area contributed by atoms with Gasteiger partial charge in [0, 0.05) is 31.5 Å². The van der Waals surface area contributed by atoms with Crippen LogP contribution in [0.4, 0.5) is 5.82 Å². The van der Waals surface area contributed by atoms with Crippen molar-refractivity contribution in [2.45, 2.75) is 32.7 Å². The fourth-order valence-corrected chi connectivity index (χ4v) is 2.79. The van der Waals surface area contributed by atoms with E-state index in [-0.39, 0.29) is 0 Å². The lowest BCUT2D eigenvalue weighted by Crippen LogP contribution is -2.41. The number of anilines is 1. The molecule has 1 atom stereocenters. The predicted octanol–water partition coefficient (Wildman–Crippen LogP) is 1.34. The first-order valence-corrected chi connectivity index (χ1v) is 7.36. The van der Waals surface area contributed by atoms with E-state index in [1.807, 2.05) is 16.8 Å². The zero-order valence-corrected chi connectivity index (χ0v) is 12.2. The summed E-state index contributed by atoms with van der Waals surface area (Å²) in [5.74, 6) is 1.63. The van der Waals surface area contributed by atoms with Crippen molar-refractivity contribution in [3.05, 3.63) is 18.7 Å². The molecule has 3 rings (SSSR count). The minimum atomic E-state index is 0.545. The maximum absolute atomic E-state index is 4.51. The minimum absolute atomic E-state index is 0.545. The van der Waals surface area contributed by atoms with E-state index in [0.29, 0.717) is 12.0 Å². The van der Waals surface area contributed by atoms with Crippen LogP contribution in [-0.2, 0) is 0 Å². The Bertz CT molecular complexity index is 564. The predicted molar refractivity (Wildman–Crippen MR) is 78.9 cm³/mol. The smallest absolute Gasteiger partial charge is 0.203 e. The summed E-state index contributed by atoms with van der Waals surface area (Å²) in [5.41, 5.74) is 0.852. The second kappa shape index (κ2) is 5.75. The molecule has 1 unspecified atom stereocenters. The van der Waals surface area contributed by atoms with E-state index < -0.39 is 0 Å². The first-order valence-electron chi connectivity index (χ1n) is 7.36. The van der Waals surface area contributed by atoms with Gasteiger partial charge in [-0.3, -0.25) is 4.40 Å². The van der Waals surface area contributed by atoms with Gasteiger partial charge in [0.05, 0.1) is 0 Å². The van der Waals surface area contributed by atoms with Crippen molar-refractivity contribution in [2.24, 2.45) is 5.92 Å². The zero-order chi connectivity index (χ0) is 13.9. The lowest BCUT2D eigenvalue weighted by molar-refractivity contribution is 0.378. The summed E-state index contributed by atoms with van der Waals surface area (Å²) >= 11 is 0. The quantitative estimate of drug-likeness (QED) is 0.911. The van der Waals surface area contributed by atoms with Gasteiger partial charge in [-0.05, 0) is 25.3 Å². The van der Waals surface area contributed by atoms with Crippen LogP contribution in [0.25, 0.3) is 5.65 Å². The fourth-order valence-electron chi connectivity index (χ4n) is 2.79. The molecule has 0 saturated carbocycles. The Kier molecular flexibility index (Phi) is 3.82. The second-order valence-corrected chi connectivity index (χ2v) is 5.83. The fraction of sp³-hybridized carbons (Fsp3) is 0.643. The number of aromatic nitrogens is 4. The largest absolute Gasteiger partial charge is 0.353 e. The van der Waals surface area contributed by atoms with Gasteiger partial charge in [0.1, 0.15) is 6.33 Å². The second-order valence-electron chi connectivity index (χ2n) is 5.83. The molecular weight excluding hydrogens is 252 g/mol. The van der Waals surface area contributed by atoms with Crippen LogP contribution in [0.2, 0.25) is 0 Å². The first-order chi connectivity index (χ1) is 9.74. The SMILES string of the molecule is CC(C)NCC1CCCN(c2nccn3cnnc23)C1. The number of hydrogen-bond acceptors (Lipinski definition) is 5. The van der Waals surface area contributed by atoms with Gasteiger partial charge in [-0.1, -0.05) is 13.8 Å². The number of fused-ring (bicyclic) bond motifs is 1. The van der Waals surface area contributed by atoms with Gasteiger partial charge in [-0.2, -0.15) is 0 Å². The number of piperidine rings is 1. The van der Waals surface area contributed by atoms with Crippen molar-refractivity contribution < 1.29 is 0 Å². The van der Waals surface area contributed by atoms with Gasteiger partial charge in [0.2, 0.25) is 5.65 Å². The van der Waals surface area contributed by atoms with E-state index in [4.69, 9.17) is 0 Å². The average Bonchev–Trinajstić information content (AvgIpc) is 2.93. The highest BCUT2D eigenvalue weighted by Crippen LogP contribution is 2.23. The van der Waals surface area contributed by atoms with Crippen LogP contribution in [0.5, 0.6) is 0 Å². The highest BCUT2D eigenvalue weighted by Gasteiger charge is 2.23. The van der Waals surface area contributed by atoms with Crippen LogP contribution in [0.1, 0.15) is 26.7 Å². The van der Waals surface area contributed by atoms with Crippen LogP contribution in [0, 0.1) is 5.92 Å². The number of rotatable bonds is 4. The molecule has 3 heterocycles. The van der Waals surface area contributed by atoms with E-state index in [1.54, 1.807) is 6.33 Å². The summed E-state index contributed by atoms with van der Waals surface area (Å²) in [6.07, 6.45) is 7.93. The third-order valence-electron chi connectivity index (χ3n) is 3.83. The van der Waals surface area contributed by atoms with Gasteiger partial charge in [0.15, 0.2) is 5.82 Å². The molecule has 6 heteroatoms. The van der Waals surface area contributed by atoms with Gasteiger partial charge in [0.25, 0.3) is 0 Å². The Labute approximate surface area is 119 Å². The van der Waals surface area contributed by atoms with Crippen LogP contribution < -0.4 is 10.2 Å². The molecule has 1 saturated heterocycles. The first kappa shape index (κ1) is 13.3. The van der Waals surface area contributed by atoms with E-state index in [2.05, 4.69) is 39.2 Å². The van der Waals surface area contributed by atoms with Gasteiger partial charge >= 0.3 is 0 Å². The van der Waals surface area contributed by atoms with Crippen molar-refractivity contribution in [3.8, 4) is 0 Å². The molecule has 2 aromatic rings. The van der Waals surface area contributed by atoms with Crippen LogP contribution >= 0.6 is 0 Å². The summed E-state index contributed by atoms with van der Waals surface area (Å²) in [7, 11) is 0. The maximum atomic E-state index is 4.51. The Balaban J connectivity index is 1.75. The summed E-state index contributed by atoms with van der Waals surface area (Å²) in [4.78, 5) is 6.86. The van der Waals surface area contributed by atoms with E-state index in [0.717, 1.165) is 31.1 Å². The van der Waals surface area contributed by atoms with Gasteiger partial charge in [-0.15, -0.1) is 10.2 Å². The van der Waals surface area contributed by atoms with Crippen LogP contribution in [0.3, 0.4) is 0 Å². The number of hydrogen-bond donors (Lipinski definition) is 1. The molecule has 108 valence electrons. The van der Waals surface area contributed by atoms with Crippen LogP contribution in [0.15, 0.2) is 18.7 Å². The lowest BCUT2D eigenvalue weighted by Gasteiger charge is -2.34. The molecule has 1 fully saturated rings. The summed E-state index contributed by atoms with van der Waals surface area (Å²) in [6, 6.07) is 0.545. The number of nitrogens with zero attached hydrogens (tertiary/aromatic N) is 5. The molecule has 1 aliphatic heterocycles. The third kappa shape index (κ3) is 2.75. The Morgan fingerprint density at radius 1 is 1.45 bits per heavy atom. The minimum Gasteiger partial charge on any atom is -0.353 e. The van der Waals surface area contributed by atoms with Crippen molar-refractivity contribution >= 4 is 11.5 Å². The van der Waals surface area contributed by atoms with Gasteiger partial charge < -0.3 is 10.2 Å². The number of nitrogens with one attached hydrogen (secondary N) is 1. The Hall–Kier alpha value is -1.69. The molecule has 0 amide bonds. The molecule has 1 N–H and O–H groups in total. The molecule has 0 aromatic carbocycles. The van der Waals surface area contributed by atoms with Crippen LogP contribution in [-0.4, -0.2) is 45.3 Å². The molecule has 2 aromatic heterocycles. The molecule has 0 radical (unpaired) electrons. The van der Waals surface area contributed by atoms with Crippen molar-refractivity contribution in [2.75, 3.05) is 24.5 Å². The zero-order valence-electron chi connectivity index (χ0n) is 12.2. The molecule has 6 nitrogen and oxygen atoms in total. The van der Waals surface area contributed by atoms with Crippen molar-refractivity contribution in [3.63, 3.8) is 0 Å². The Morgan fingerprint density at radius 3 is 3.20 bits per heavy atom. The summed E-state index contributed by atoms with van der Waals surface area (Å²) in [5, 5.41) is 11.7. The normalized spacial score (nSPS) is 19.9. The topological polar surface area (TPSA) is 58.4 Å². The molecule has 1 aliphatic rings. The third-order valence-corrected chi connectivity index (χ3v) is 3.83. The molecular formula is C14H22N6. The highest BCUT2D eigenvalue weighted by atomic mass is 15.3. The molecule has 0 spiro atoms. The molecule has 20 heavy (non-hydrogen) atoms. The average molecular weight is 274 g/mol. The summed E-state index contributed by atoms with van der Waals surface area (Å²) < 4.78 is 1.93. The standard InChI is InChI=1S/C14H22N6/c1-11(2)16-8-12-4-3-6-19(9-12)13-14-18-17-10-20(14)7-5-15-13/h5,7,10-12,16H,3-4,6,8-9H2,1-2H3. The van der Waals surface area contributed by atoms with E-state index in [1.165, 1.54) is 12.8 Å². The van der Waals surface area contributed by atoms with E-state index >= 15 is 0 Å². The maximum Gasteiger partial charge on any atom is 0.203 e. The lowest BCUT2D eigenvalue weighted by atomic mass is 9.98.